The van der Waals surface area contributed by atoms with Crippen LogP contribution in [-0.4, -0.2) is 87.2 Å². The van der Waals surface area contributed by atoms with Gasteiger partial charge in [-0.15, -0.1) is 0 Å². The van der Waals surface area contributed by atoms with E-state index >= 15 is 0 Å². The number of rotatable bonds is 7. The minimum atomic E-state index is -0.986. The van der Waals surface area contributed by atoms with Crippen LogP contribution in [0.15, 0.2) is 72.8 Å². The molecule has 206 valence electrons. The van der Waals surface area contributed by atoms with Gasteiger partial charge in [0, 0.05) is 7.11 Å². The van der Waals surface area contributed by atoms with Crippen molar-refractivity contribution < 1.29 is 59.6 Å². The Labute approximate surface area is 218 Å². The van der Waals surface area contributed by atoms with Crippen LogP contribution in [0.5, 0.6) is 17.2 Å². The van der Waals surface area contributed by atoms with E-state index in [-0.39, 0.29) is 49.2 Å². The number of aliphatic hydroxyl groups excluding tert-OH is 3. The summed E-state index contributed by atoms with van der Waals surface area (Å²) in [5.41, 5.74) is 0.767. The molecule has 12 nitrogen and oxygen atoms in total. The molecule has 12 heteroatoms. The highest BCUT2D eigenvalue weighted by Gasteiger charge is 2.09. The summed E-state index contributed by atoms with van der Waals surface area (Å²) >= 11 is 0. The Balaban J connectivity index is 0.000000707. The largest absolute Gasteiger partial charge is 0.508 e. The summed E-state index contributed by atoms with van der Waals surface area (Å²) in [4.78, 5) is 33.5. The highest BCUT2D eigenvalue weighted by Crippen LogP contribution is 2.12. The Kier molecular flexibility index (Phi) is 17.1. The Hall–Kier alpha value is -4.65. The first-order chi connectivity index (χ1) is 18.2. The fourth-order valence-corrected chi connectivity index (χ4v) is 2.23. The maximum Gasteiger partial charge on any atom is 0.338 e. The van der Waals surface area contributed by atoms with E-state index in [2.05, 4.69) is 0 Å². The zero-order valence-electron chi connectivity index (χ0n) is 20.4. The average molecular weight is 535 g/mol. The van der Waals surface area contributed by atoms with Crippen LogP contribution in [0.25, 0.3) is 0 Å². The lowest BCUT2D eigenvalue weighted by Crippen LogP contribution is -2.14. The van der Waals surface area contributed by atoms with E-state index in [1.807, 2.05) is 0 Å². The van der Waals surface area contributed by atoms with E-state index in [4.69, 9.17) is 45.2 Å². The van der Waals surface area contributed by atoms with Crippen LogP contribution in [0.2, 0.25) is 0 Å². The van der Waals surface area contributed by atoms with Gasteiger partial charge in [0.1, 0.15) is 30.5 Å². The molecular weight excluding hydrogens is 504 g/mol. The molecule has 0 heterocycles. The molecule has 0 spiro atoms. The van der Waals surface area contributed by atoms with E-state index in [1.165, 1.54) is 72.8 Å². The molecule has 3 aromatic rings. The number of esters is 2. The van der Waals surface area contributed by atoms with Crippen molar-refractivity contribution in [3.63, 3.8) is 0 Å². The van der Waals surface area contributed by atoms with Crippen molar-refractivity contribution in [2.75, 3.05) is 33.5 Å². The van der Waals surface area contributed by atoms with Crippen LogP contribution in [-0.2, 0) is 9.47 Å². The number of aromatic hydroxyl groups is 3. The molecule has 0 aliphatic heterocycles. The number of carboxylic acid groups (broad SMARTS) is 1. The third-order valence-corrected chi connectivity index (χ3v) is 3.97. The predicted octanol–water partition coefficient (Wildman–Crippen LogP) is 1.78. The van der Waals surface area contributed by atoms with Crippen LogP contribution in [0.4, 0.5) is 0 Å². The van der Waals surface area contributed by atoms with E-state index in [9.17, 15) is 14.4 Å². The van der Waals surface area contributed by atoms with Crippen LogP contribution in [0.1, 0.15) is 31.1 Å². The van der Waals surface area contributed by atoms with Gasteiger partial charge in [0.15, 0.2) is 0 Å². The molecule has 0 atom stereocenters. The molecular formula is C26H30O12. The van der Waals surface area contributed by atoms with Crippen LogP contribution >= 0.6 is 0 Å². The van der Waals surface area contributed by atoms with Crippen molar-refractivity contribution in [1.29, 1.82) is 0 Å². The molecule has 0 aromatic heterocycles. The van der Waals surface area contributed by atoms with Gasteiger partial charge < -0.3 is 45.2 Å². The lowest BCUT2D eigenvalue weighted by Gasteiger charge is -2.06. The van der Waals surface area contributed by atoms with Gasteiger partial charge in [-0.3, -0.25) is 0 Å². The molecule has 0 fully saturated rings. The fourth-order valence-electron chi connectivity index (χ4n) is 2.23. The number of carboxylic acids is 1. The smallest absolute Gasteiger partial charge is 0.338 e. The normalized spacial score (nSPS) is 9.16. The number of phenolic OH excluding ortho intramolecular Hbond substituents is 3. The fraction of sp³-hybridized carbons (Fsp3) is 0.192. The molecule has 0 bridgehead atoms. The maximum absolute atomic E-state index is 11.6. The van der Waals surface area contributed by atoms with Gasteiger partial charge in [0.05, 0.1) is 29.9 Å². The second-order valence-electron chi connectivity index (χ2n) is 6.66. The molecule has 3 aromatic carbocycles. The Morgan fingerprint density at radius 2 is 0.816 bits per heavy atom. The number of carbonyl (C=O) groups excluding carboxylic acids is 2. The number of phenols is 3. The Morgan fingerprint density at radius 3 is 1.05 bits per heavy atom. The first-order valence-corrected chi connectivity index (χ1v) is 10.8. The summed E-state index contributed by atoms with van der Waals surface area (Å²) < 4.78 is 9.87. The second-order valence-corrected chi connectivity index (χ2v) is 6.66. The van der Waals surface area contributed by atoms with Gasteiger partial charge in [-0.25, -0.2) is 14.4 Å². The van der Waals surface area contributed by atoms with Gasteiger partial charge in [0.2, 0.25) is 0 Å². The highest BCUT2D eigenvalue weighted by molar-refractivity contribution is 5.90. The molecule has 0 unspecified atom stereocenters. The molecule has 3 rings (SSSR count). The molecule has 0 saturated carbocycles. The minimum absolute atomic E-state index is 0.0550. The first-order valence-electron chi connectivity index (χ1n) is 10.8. The minimum Gasteiger partial charge on any atom is -0.508 e. The predicted molar refractivity (Wildman–Crippen MR) is 134 cm³/mol. The van der Waals surface area contributed by atoms with Gasteiger partial charge in [0.25, 0.3) is 0 Å². The number of ether oxygens (including phenoxy) is 2. The molecule has 0 aliphatic rings. The van der Waals surface area contributed by atoms with Gasteiger partial charge >= 0.3 is 17.9 Å². The summed E-state index contributed by atoms with van der Waals surface area (Å²) in [6, 6.07) is 16.6. The Morgan fingerprint density at radius 1 is 0.553 bits per heavy atom. The van der Waals surface area contributed by atoms with Crippen LogP contribution in [0, 0.1) is 0 Å². The molecule has 0 aliphatic carbocycles. The summed E-state index contributed by atoms with van der Waals surface area (Å²) in [5.74, 6) is -1.94. The summed E-state index contributed by atoms with van der Waals surface area (Å²) in [6.45, 7) is -0.410. The van der Waals surface area contributed by atoms with E-state index in [0.29, 0.717) is 11.1 Å². The van der Waals surface area contributed by atoms with Gasteiger partial charge in [-0.05, 0) is 72.8 Å². The second kappa shape index (κ2) is 19.5. The lowest BCUT2D eigenvalue weighted by atomic mass is 10.2. The number of aliphatic hydroxyl groups is 3. The third-order valence-electron chi connectivity index (χ3n) is 3.97. The quantitative estimate of drug-likeness (QED) is 0.171. The molecule has 38 heavy (non-hydrogen) atoms. The third kappa shape index (κ3) is 14.0. The van der Waals surface area contributed by atoms with Crippen molar-refractivity contribution in [2.24, 2.45) is 0 Å². The first kappa shape index (κ1) is 33.4. The molecule has 7 N–H and O–H groups in total. The maximum atomic E-state index is 11.6. The number of benzene rings is 3. The van der Waals surface area contributed by atoms with Crippen molar-refractivity contribution in [1.82, 2.24) is 0 Å². The lowest BCUT2D eigenvalue weighted by molar-refractivity contribution is 0.0265. The van der Waals surface area contributed by atoms with E-state index in [1.54, 1.807) is 0 Å². The summed E-state index contributed by atoms with van der Waals surface area (Å²) in [5, 5.41) is 57.6. The SMILES string of the molecule is CO.O=C(O)c1ccc(O)cc1.O=C(OCCOC(=O)c1ccc(O)cc1)c1ccc(O)cc1.OCCO. The standard InChI is InChI=1S/C16H14O6.C7H6O3.C2H6O2.CH4O/c17-13-5-1-11(2-6-13)15(19)21-9-10-22-16(20)12-3-7-14(18)8-4-12;8-6-3-1-5(2-4-6)7(9)10;3-1-2-4;1-2/h1-8,17-18H,9-10H2;1-4,8H,(H,9,10);3-4H,1-2H2;2H,1H3. The Bertz CT molecular complexity index is 1020. The number of carbonyl (C=O) groups is 3. The summed E-state index contributed by atoms with van der Waals surface area (Å²) in [7, 11) is 1.00. The topological polar surface area (TPSA) is 211 Å². The zero-order chi connectivity index (χ0) is 28.9. The monoisotopic (exact) mass is 534 g/mol. The van der Waals surface area contributed by atoms with Gasteiger partial charge in [-0.1, -0.05) is 0 Å². The van der Waals surface area contributed by atoms with E-state index in [0.717, 1.165) is 7.11 Å². The highest BCUT2D eigenvalue weighted by atomic mass is 16.6. The van der Waals surface area contributed by atoms with Crippen molar-refractivity contribution in [2.45, 2.75) is 0 Å². The number of aromatic carboxylic acids is 1. The zero-order valence-corrected chi connectivity index (χ0v) is 20.4. The van der Waals surface area contributed by atoms with Crippen LogP contribution in [0.3, 0.4) is 0 Å². The molecule has 0 amide bonds. The van der Waals surface area contributed by atoms with Gasteiger partial charge in [-0.2, -0.15) is 0 Å². The average Bonchev–Trinajstić information content (AvgIpc) is 2.93. The number of hydrogen-bond acceptors (Lipinski definition) is 11. The van der Waals surface area contributed by atoms with Crippen molar-refractivity contribution >= 4 is 17.9 Å². The number of hydrogen-bond donors (Lipinski definition) is 7. The molecule has 0 saturated heterocycles. The van der Waals surface area contributed by atoms with Crippen LogP contribution < -0.4 is 0 Å². The molecule has 0 radical (unpaired) electrons. The van der Waals surface area contributed by atoms with Crippen molar-refractivity contribution in [3.8, 4) is 17.2 Å². The summed E-state index contributed by atoms with van der Waals surface area (Å²) in [6.07, 6.45) is 0. The van der Waals surface area contributed by atoms with E-state index < -0.39 is 17.9 Å². The van der Waals surface area contributed by atoms with Crippen molar-refractivity contribution in [3.05, 3.63) is 89.5 Å².